The zero-order valence-electron chi connectivity index (χ0n) is 10.5. The summed E-state index contributed by atoms with van der Waals surface area (Å²) in [6.45, 7) is 0.685. The third kappa shape index (κ3) is 4.28. The molecular weight excluding hydrogens is 377 g/mol. The Morgan fingerprint density at radius 2 is 2.21 bits per heavy atom. The van der Waals surface area contributed by atoms with E-state index in [0.717, 1.165) is 12.8 Å². The minimum Gasteiger partial charge on any atom is -0.352 e. The number of nitrogens with one attached hydrogen (secondary N) is 1. The van der Waals surface area contributed by atoms with Gasteiger partial charge in [-0.3, -0.25) is 4.79 Å². The quantitative estimate of drug-likeness (QED) is 0.764. The van der Waals surface area contributed by atoms with E-state index in [9.17, 15) is 9.18 Å². The molecule has 1 saturated carbocycles. The van der Waals surface area contributed by atoms with Crippen molar-refractivity contribution in [3.8, 4) is 0 Å². The molecule has 1 aliphatic carbocycles. The largest absolute Gasteiger partial charge is 0.352 e. The van der Waals surface area contributed by atoms with E-state index in [2.05, 4.69) is 37.2 Å². The van der Waals surface area contributed by atoms with Crippen molar-refractivity contribution in [3.63, 3.8) is 0 Å². The molecule has 2 atom stereocenters. The number of amides is 1. The number of benzene rings is 1. The van der Waals surface area contributed by atoms with Crippen LogP contribution < -0.4 is 5.32 Å². The highest BCUT2D eigenvalue weighted by atomic mass is 79.9. The molecule has 1 aromatic carbocycles. The van der Waals surface area contributed by atoms with Crippen LogP contribution in [0.25, 0.3) is 0 Å². The SMILES string of the molecule is O=C(NCC1CCCC(Br)C1)c1ccc(F)cc1Br. The lowest BCUT2D eigenvalue weighted by Gasteiger charge is -2.25. The van der Waals surface area contributed by atoms with Crippen molar-refractivity contribution >= 4 is 37.8 Å². The average molecular weight is 393 g/mol. The summed E-state index contributed by atoms with van der Waals surface area (Å²) < 4.78 is 13.5. The molecule has 2 rings (SSSR count). The van der Waals surface area contributed by atoms with Gasteiger partial charge < -0.3 is 5.32 Å². The van der Waals surface area contributed by atoms with Gasteiger partial charge in [0.15, 0.2) is 0 Å². The van der Waals surface area contributed by atoms with Crippen LogP contribution in [0.5, 0.6) is 0 Å². The van der Waals surface area contributed by atoms with Crippen molar-refractivity contribution in [2.45, 2.75) is 30.5 Å². The van der Waals surface area contributed by atoms with Crippen molar-refractivity contribution in [2.75, 3.05) is 6.54 Å². The van der Waals surface area contributed by atoms with Gasteiger partial charge in [-0.2, -0.15) is 0 Å². The molecular formula is C14H16Br2FNO. The molecule has 1 N–H and O–H groups in total. The fourth-order valence-electron chi connectivity index (χ4n) is 2.42. The predicted octanol–water partition coefficient (Wildman–Crippen LogP) is 4.27. The number of halogens is 3. The minimum absolute atomic E-state index is 0.149. The van der Waals surface area contributed by atoms with Gasteiger partial charge in [0.25, 0.3) is 5.91 Å². The van der Waals surface area contributed by atoms with Gasteiger partial charge in [0.1, 0.15) is 5.82 Å². The average Bonchev–Trinajstić information content (AvgIpc) is 2.36. The molecule has 1 fully saturated rings. The first-order valence-corrected chi connectivity index (χ1v) is 8.14. The van der Waals surface area contributed by atoms with Crippen molar-refractivity contribution in [2.24, 2.45) is 5.92 Å². The standard InChI is InChI=1S/C14H16Br2FNO/c15-10-3-1-2-9(6-10)8-18-14(19)12-5-4-11(17)7-13(12)16/h4-5,7,9-10H,1-3,6,8H2,(H,18,19). The molecule has 0 spiro atoms. The number of hydrogen-bond donors (Lipinski definition) is 1. The van der Waals surface area contributed by atoms with Crippen molar-refractivity contribution in [1.29, 1.82) is 0 Å². The van der Waals surface area contributed by atoms with Gasteiger partial charge in [0, 0.05) is 15.8 Å². The normalized spacial score (nSPS) is 23.1. The molecule has 1 aliphatic rings. The van der Waals surface area contributed by atoms with E-state index < -0.39 is 0 Å². The molecule has 1 aromatic rings. The van der Waals surface area contributed by atoms with Gasteiger partial charge in [-0.25, -0.2) is 4.39 Å². The van der Waals surface area contributed by atoms with E-state index in [1.807, 2.05) is 0 Å². The summed E-state index contributed by atoms with van der Waals surface area (Å²) in [5, 5.41) is 2.94. The molecule has 2 unspecified atom stereocenters. The molecule has 1 amide bonds. The fraction of sp³-hybridized carbons (Fsp3) is 0.500. The monoisotopic (exact) mass is 391 g/mol. The second-order valence-electron chi connectivity index (χ2n) is 4.96. The highest BCUT2D eigenvalue weighted by Crippen LogP contribution is 2.28. The number of hydrogen-bond acceptors (Lipinski definition) is 1. The zero-order chi connectivity index (χ0) is 13.8. The van der Waals surface area contributed by atoms with Gasteiger partial charge in [-0.05, 0) is 59.3 Å². The molecule has 2 nitrogen and oxygen atoms in total. The Morgan fingerprint density at radius 3 is 2.89 bits per heavy atom. The second-order valence-corrected chi connectivity index (χ2v) is 7.11. The van der Waals surface area contributed by atoms with E-state index in [1.165, 1.54) is 31.0 Å². The smallest absolute Gasteiger partial charge is 0.252 e. The Kier molecular flexibility index (Phi) is 5.39. The number of carbonyl (C=O) groups is 1. The van der Waals surface area contributed by atoms with Gasteiger partial charge in [0.2, 0.25) is 0 Å². The molecule has 0 radical (unpaired) electrons. The maximum Gasteiger partial charge on any atom is 0.252 e. The first kappa shape index (κ1) is 15.0. The molecule has 0 aromatic heterocycles. The fourth-order valence-corrected chi connectivity index (χ4v) is 3.80. The molecule has 0 bridgehead atoms. The van der Waals surface area contributed by atoms with E-state index in [4.69, 9.17) is 0 Å². The summed E-state index contributed by atoms with van der Waals surface area (Å²) in [6.07, 6.45) is 4.68. The van der Waals surface area contributed by atoms with Crippen LogP contribution in [0.1, 0.15) is 36.0 Å². The summed E-state index contributed by atoms with van der Waals surface area (Å²) >= 11 is 6.85. The number of rotatable bonds is 3. The summed E-state index contributed by atoms with van der Waals surface area (Å²) in [5.74, 6) is 0.0303. The van der Waals surface area contributed by atoms with Crippen LogP contribution >= 0.6 is 31.9 Å². The highest BCUT2D eigenvalue weighted by Gasteiger charge is 2.21. The maximum absolute atomic E-state index is 13.0. The second kappa shape index (κ2) is 6.84. The van der Waals surface area contributed by atoms with Crippen LogP contribution in [-0.4, -0.2) is 17.3 Å². The topological polar surface area (TPSA) is 29.1 Å². The van der Waals surface area contributed by atoms with Crippen LogP contribution in [0.15, 0.2) is 22.7 Å². The van der Waals surface area contributed by atoms with E-state index in [0.29, 0.717) is 27.3 Å². The summed E-state index contributed by atoms with van der Waals surface area (Å²) in [7, 11) is 0. The van der Waals surface area contributed by atoms with Crippen molar-refractivity contribution in [3.05, 3.63) is 34.1 Å². The highest BCUT2D eigenvalue weighted by molar-refractivity contribution is 9.10. The van der Waals surface area contributed by atoms with Crippen LogP contribution in [-0.2, 0) is 0 Å². The lowest BCUT2D eigenvalue weighted by atomic mass is 9.89. The Hall–Kier alpha value is -0.420. The number of carbonyl (C=O) groups excluding carboxylic acids is 1. The van der Waals surface area contributed by atoms with Gasteiger partial charge in [0.05, 0.1) is 5.56 Å². The van der Waals surface area contributed by atoms with Crippen LogP contribution in [0, 0.1) is 11.7 Å². The Morgan fingerprint density at radius 1 is 1.42 bits per heavy atom. The van der Waals surface area contributed by atoms with Gasteiger partial charge >= 0.3 is 0 Å². The molecule has 19 heavy (non-hydrogen) atoms. The third-order valence-electron chi connectivity index (χ3n) is 3.45. The van der Waals surface area contributed by atoms with E-state index in [1.54, 1.807) is 0 Å². The van der Waals surface area contributed by atoms with Crippen LogP contribution in [0.3, 0.4) is 0 Å². The lowest BCUT2D eigenvalue weighted by molar-refractivity contribution is 0.0943. The van der Waals surface area contributed by atoms with E-state index in [-0.39, 0.29) is 11.7 Å². The van der Waals surface area contributed by atoms with E-state index >= 15 is 0 Å². The Labute approximate surface area is 129 Å². The lowest BCUT2D eigenvalue weighted by Crippen LogP contribution is -2.32. The zero-order valence-corrected chi connectivity index (χ0v) is 13.6. The Bertz CT molecular complexity index is 467. The molecule has 104 valence electrons. The van der Waals surface area contributed by atoms with Crippen molar-refractivity contribution in [1.82, 2.24) is 5.32 Å². The summed E-state index contributed by atoms with van der Waals surface area (Å²) in [5.41, 5.74) is 0.479. The third-order valence-corrected chi connectivity index (χ3v) is 4.93. The van der Waals surface area contributed by atoms with Crippen molar-refractivity contribution < 1.29 is 9.18 Å². The number of alkyl halides is 1. The summed E-state index contributed by atoms with van der Waals surface area (Å²) in [4.78, 5) is 12.6. The predicted molar refractivity (Wildman–Crippen MR) is 81.1 cm³/mol. The maximum atomic E-state index is 13.0. The van der Waals surface area contributed by atoms with Crippen LogP contribution in [0.2, 0.25) is 0 Å². The molecule has 0 saturated heterocycles. The minimum atomic E-state index is -0.349. The molecule has 0 heterocycles. The first-order valence-electron chi connectivity index (χ1n) is 6.43. The first-order chi connectivity index (χ1) is 9.06. The van der Waals surface area contributed by atoms with Crippen LogP contribution in [0.4, 0.5) is 4.39 Å². The Balaban J connectivity index is 1.90. The van der Waals surface area contributed by atoms with Gasteiger partial charge in [-0.15, -0.1) is 0 Å². The molecule has 5 heteroatoms. The van der Waals surface area contributed by atoms with Gasteiger partial charge in [-0.1, -0.05) is 22.4 Å². The molecule has 0 aliphatic heterocycles. The summed E-state index contributed by atoms with van der Waals surface area (Å²) in [6, 6.07) is 4.11.